The number of carbonyl (C=O) groups is 2. The fourth-order valence-electron chi connectivity index (χ4n) is 2.51. The lowest BCUT2D eigenvalue weighted by molar-refractivity contribution is -0.118. The molecule has 0 saturated carbocycles. The topological polar surface area (TPSA) is 82.3 Å². The number of hydrogen-bond acceptors (Lipinski definition) is 4. The van der Waals surface area contributed by atoms with Crippen molar-refractivity contribution in [2.75, 3.05) is 5.01 Å². The average molecular weight is 390 g/mol. The minimum Gasteiger partial charge on any atom is -0.478 e. The largest absolute Gasteiger partial charge is 0.478 e. The molecule has 3 rings (SSSR count). The Balaban J connectivity index is 1.92. The second kappa shape index (κ2) is 7.27. The maximum atomic E-state index is 12.6. The molecule has 2 aromatic rings. The fourth-order valence-corrected chi connectivity index (χ4v) is 3.06. The van der Waals surface area contributed by atoms with Crippen LogP contribution in [-0.2, 0) is 4.79 Å². The number of aliphatic imine (C=N–C) groups is 1. The summed E-state index contributed by atoms with van der Waals surface area (Å²) in [6, 6.07) is 11.7. The van der Waals surface area contributed by atoms with Crippen molar-refractivity contribution in [2.24, 2.45) is 16.0 Å². The second-order valence-electron chi connectivity index (χ2n) is 5.57. The van der Waals surface area contributed by atoms with Crippen LogP contribution in [0.25, 0.3) is 0 Å². The Morgan fingerprint density at radius 3 is 2.62 bits per heavy atom. The van der Waals surface area contributed by atoms with E-state index in [1.54, 1.807) is 19.1 Å². The molecule has 1 aliphatic rings. The molecule has 1 N–H and O–H groups in total. The van der Waals surface area contributed by atoms with Gasteiger partial charge in [0.05, 0.1) is 27.7 Å². The highest BCUT2D eigenvalue weighted by molar-refractivity contribution is 6.37. The summed E-state index contributed by atoms with van der Waals surface area (Å²) in [5.41, 5.74) is 1.09. The lowest BCUT2D eigenvalue weighted by Crippen LogP contribution is -2.27. The van der Waals surface area contributed by atoms with Gasteiger partial charge in [0.1, 0.15) is 5.92 Å². The number of halogens is 2. The van der Waals surface area contributed by atoms with Gasteiger partial charge in [-0.15, -0.1) is 0 Å². The minimum absolute atomic E-state index is 0.0438. The summed E-state index contributed by atoms with van der Waals surface area (Å²) in [7, 11) is 0. The lowest BCUT2D eigenvalue weighted by atomic mass is 10.1. The van der Waals surface area contributed by atoms with Gasteiger partial charge in [0, 0.05) is 11.2 Å². The Morgan fingerprint density at radius 1 is 1.27 bits per heavy atom. The van der Waals surface area contributed by atoms with Crippen molar-refractivity contribution in [1.82, 2.24) is 0 Å². The third-order valence-electron chi connectivity index (χ3n) is 3.79. The standard InChI is InChI=1S/C18H13Cl2N3O3/c1-10-14(17(24)23(22-10)12-5-3-2-4-6-12)9-21-16-13(18(25)26)7-11(19)8-15(16)20/h2-9,14H,1H3,(H,25,26). The summed E-state index contributed by atoms with van der Waals surface area (Å²) in [4.78, 5) is 28.2. The Labute approximate surface area is 159 Å². The first-order chi connectivity index (χ1) is 12.4. The molecule has 6 nitrogen and oxygen atoms in total. The van der Waals surface area contributed by atoms with E-state index < -0.39 is 11.9 Å². The van der Waals surface area contributed by atoms with Gasteiger partial charge in [0.15, 0.2) is 0 Å². The number of para-hydroxylation sites is 1. The molecule has 1 unspecified atom stereocenters. The minimum atomic E-state index is -1.21. The maximum absolute atomic E-state index is 12.6. The maximum Gasteiger partial charge on any atom is 0.338 e. The number of carbonyl (C=O) groups excluding carboxylic acids is 1. The van der Waals surface area contributed by atoms with E-state index in [0.29, 0.717) is 11.4 Å². The predicted molar refractivity (Wildman–Crippen MR) is 102 cm³/mol. The van der Waals surface area contributed by atoms with E-state index in [-0.39, 0.29) is 27.2 Å². The van der Waals surface area contributed by atoms with Crippen LogP contribution in [0.1, 0.15) is 17.3 Å². The quantitative estimate of drug-likeness (QED) is 0.784. The first-order valence-corrected chi connectivity index (χ1v) is 8.34. The van der Waals surface area contributed by atoms with Crippen molar-refractivity contribution in [3.8, 4) is 0 Å². The third-order valence-corrected chi connectivity index (χ3v) is 4.30. The average Bonchev–Trinajstić information content (AvgIpc) is 2.88. The van der Waals surface area contributed by atoms with Crippen LogP contribution in [-0.4, -0.2) is 28.9 Å². The van der Waals surface area contributed by atoms with E-state index in [4.69, 9.17) is 23.2 Å². The zero-order chi connectivity index (χ0) is 18.8. The molecule has 1 amide bonds. The van der Waals surface area contributed by atoms with E-state index in [9.17, 15) is 14.7 Å². The van der Waals surface area contributed by atoms with Crippen LogP contribution in [0.5, 0.6) is 0 Å². The number of anilines is 1. The third kappa shape index (κ3) is 3.47. The number of hydrogen-bond donors (Lipinski definition) is 1. The molecule has 0 saturated heterocycles. The van der Waals surface area contributed by atoms with Crippen LogP contribution >= 0.6 is 23.2 Å². The number of carboxylic acids is 1. The highest BCUT2D eigenvalue weighted by atomic mass is 35.5. The Hall–Kier alpha value is -2.70. The summed E-state index contributed by atoms with van der Waals surface area (Å²) < 4.78 is 0. The predicted octanol–water partition coefficient (Wildman–Crippen LogP) is 4.43. The van der Waals surface area contributed by atoms with Crippen molar-refractivity contribution in [3.05, 3.63) is 58.1 Å². The molecule has 8 heteroatoms. The van der Waals surface area contributed by atoms with Gasteiger partial charge in [-0.05, 0) is 31.2 Å². The van der Waals surface area contributed by atoms with Crippen LogP contribution in [0.15, 0.2) is 52.6 Å². The van der Waals surface area contributed by atoms with Gasteiger partial charge < -0.3 is 5.11 Å². The summed E-state index contributed by atoms with van der Waals surface area (Å²) in [5.74, 6) is -2.20. The molecule has 0 fully saturated rings. The zero-order valence-electron chi connectivity index (χ0n) is 13.6. The molecule has 0 aromatic heterocycles. The van der Waals surface area contributed by atoms with E-state index >= 15 is 0 Å². The van der Waals surface area contributed by atoms with Gasteiger partial charge >= 0.3 is 5.97 Å². The molecule has 0 radical (unpaired) electrons. The fraction of sp³-hybridized carbons (Fsp3) is 0.111. The number of nitrogens with zero attached hydrogens (tertiary/aromatic N) is 3. The summed E-state index contributed by atoms with van der Waals surface area (Å²) in [6.07, 6.45) is 1.35. The Morgan fingerprint density at radius 2 is 1.96 bits per heavy atom. The number of benzene rings is 2. The molecule has 1 atom stereocenters. The van der Waals surface area contributed by atoms with Crippen molar-refractivity contribution < 1.29 is 14.7 Å². The number of carboxylic acid groups (broad SMARTS) is 1. The smallest absolute Gasteiger partial charge is 0.338 e. The van der Waals surface area contributed by atoms with Crippen molar-refractivity contribution in [1.29, 1.82) is 0 Å². The second-order valence-corrected chi connectivity index (χ2v) is 6.42. The van der Waals surface area contributed by atoms with Gasteiger partial charge in [-0.2, -0.15) is 10.1 Å². The summed E-state index contributed by atoms with van der Waals surface area (Å²) in [6.45, 7) is 1.71. The van der Waals surface area contributed by atoms with Crippen LogP contribution < -0.4 is 5.01 Å². The molecular formula is C18H13Cl2N3O3. The van der Waals surface area contributed by atoms with Gasteiger partial charge in [-0.25, -0.2) is 4.79 Å². The van der Waals surface area contributed by atoms with E-state index in [0.717, 1.165) is 0 Å². The van der Waals surface area contributed by atoms with Crippen molar-refractivity contribution in [2.45, 2.75) is 6.92 Å². The molecule has 2 aromatic carbocycles. The van der Waals surface area contributed by atoms with Crippen molar-refractivity contribution >= 4 is 58.4 Å². The normalized spacial score (nSPS) is 17.0. The van der Waals surface area contributed by atoms with Crippen LogP contribution in [0, 0.1) is 5.92 Å². The van der Waals surface area contributed by atoms with Gasteiger partial charge in [-0.1, -0.05) is 41.4 Å². The van der Waals surface area contributed by atoms with E-state index in [1.165, 1.54) is 23.4 Å². The Bertz CT molecular complexity index is 942. The lowest BCUT2D eigenvalue weighted by Gasteiger charge is -2.12. The first-order valence-electron chi connectivity index (χ1n) is 7.59. The molecule has 0 bridgehead atoms. The highest BCUT2D eigenvalue weighted by Gasteiger charge is 2.33. The molecule has 1 heterocycles. The number of rotatable bonds is 4. The molecule has 0 aliphatic carbocycles. The SMILES string of the molecule is CC1=NN(c2ccccc2)C(=O)C1C=Nc1c(Cl)cc(Cl)cc1C(=O)O. The molecule has 1 aliphatic heterocycles. The van der Waals surface area contributed by atoms with Crippen LogP contribution in [0.4, 0.5) is 11.4 Å². The van der Waals surface area contributed by atoms with E-state index in [1.807, 2.05) is 18.2 Å². The molecule has 132 valence electrons. The Kier molecular flexibility index (Phi) is 5.06. The molecule has 0 spiro atoms. The van der Waals surface area contributed by atoms with Crippen molar-refractivity contribution in [3.63, 3.8) is 0 Å². The van der Waals surface area contributed by atoms with Crippen LogP contribution in [0.3, 0.4) is 0 Å². The zero-order valence-corrected chi connectivity index (χ0v) is 15.1. The summed E-state index contributed by atoms with van der Waals surface area (Å²) in [5, 5.41) is 15.2. The monoisotopic (exact) mass is 389 g/mol. The van der Waals surface area contributed by atoms with Gasteiger partial charge in [0.2, 0.25) is 0 Å². The van der Waals surface area contributed by atoms with Gasteiger partial charge in [0.25, 0.3) is 5.91 Å². The number of amides is 1. The summed E-state index contributed by atoms with van der Waals surface area (Å²) >= 11 is 11.9. The number of hydrazone groups is 1. The van der Waals surface area contributed by atoms with Gasteiger partial charge in [-0.3, -0.25) is 9.79 Å². The first kappa shape index (κ1) is 18.1. The molecular weight excluding hydrogens is 377 g/mol. The highest BCUT2D eigenvalue weighted by Crippen LogP contribution is 2.33. The number of aromatic carboxylic acids is 1. The van der Waals surface area contributed by atoms with E-state index in [2.05, 4.69) is 10.1 Å². The molecule has 26 heavy (non-hydrogen) atoms. The van der Waals surface area contributed by atoms with Crippen LogP contribution in [0.2, 0.25) is 10.0 Å².